The van der Waals surface area contributed by atoms with Gasteiger partial charge in [0.1, 0.15) is 0 Å². The zero-order chi connectivity index (χ0) is 16.4. The van der Waals surface area contributed by atoms with Crippen molar-refractivity contribution in [1.82, 2.24) is 20.0 Å². The first-order valence-electron chi connectivity index (χ1n) is 7.41. The van der Waals surface area contributed by atoms with Crippen LogP contribution in [0.5, 0.6) is 11.5 Å². The summed E-state index contributed by atoms with van der Waals surface area (Å²) in [5, 5.41) is 7.08. The maximum absolute atomic E-state index is 12.3. The normalized spacial score (nSPS) is 13.7. The monoisotopic (exact) mass is 316 g/mol. The summed E-state index contributed by atoms with van der Waals surface area (Å²) >= 11 is 0. The lowest BCUT2D eigenvalue weighted by molar-refractivity contribution is 0.174. The first-order valence-corrected chi connectivity index (χ1v) is 7.41. The Hall–Kier alpha value is -2.70. The standard InChI is InChI=1S/C16H20N4O3/c1-11(13-4-5-14-15(6-13)23-10-22-14)18-16(21)19(2)8-12-7-17-20(3)9-12/h4-7,9,11H,8,10H2,1-3H3,(H,18,21). The average Bonchev–Trinajstić information content (AvgIpc) is 3.14. The summed E-state index contributed by atoms with van der Waals surface area (Å²) in [5.41, 5.74) is 1.96. The summed E-state index contributed by atoms with van der Waals surface area (Å²) in [6.07, 6.45) is 3.65. The number of carbonyl (C=O) groups excluding carboxylic acids is 1. The van der Waals surface area contributed by atoms with Crippen LogP contribution < -0.4 is 14.8 Å². The molecule has 0 aliphatic carbocycles. The molecule has 7 nitrogen and oxygen atoms in total. The lowest BCUT2D eigenvalue weighted by Crippen LogP contribution is -2.38. The third kappa shape index (κ3) is 3.39. The molecule has 0 fully saturated rings. The van der Waals surface area contributed by atoms with Crippen LogP contribution in [0.4, 0.5) is 4.79 Å². The molecule has 23 heavy (non-hydrogen) atoms. The van der Waals surface area contributed by atoms with E-state index in [1.165, 1.54) is 0 Å². The second-order valence-electron chi connectivity index (χ2n) is 5.66. The molecule has 0 saturated carbocycles. The first kappa shape index (κ1) is 15.2. The number of nitrogens with one attached hydrogen (secondary N) is 1. The summed E-state index contributed by atoms with van der Waals surface area (Å²) < 4.78 is 12.4. The fourth-order valence-electron chi connectivity index (χ4n) is 2.46. The van der Waals surface area contributed by atoms with Crippen LogP contribution in [0.2, 0.25) is 0 Å². The van der Waals surface area contributed by atoms with E-state index in [-0.39, 0.29) is 18.9 Å². The van der Waals surface area contributed by atoms with Crippen LogP contribution in [0.25, 0.3) is 0 Å². The average molecular weight is 316 g/mol. The van der Waals surface area contributed by atoms with Gasteiger partial charge in [-0.1, -0.05) is 6.07 Å². The van der Waals surface area contributed by atoms with Gasteiger partial charge >= 0.3 is 6.03 Å². The van der Waals surface area contributed by atoms with E-state index < -0.39 is 0 Å². The molecule has 2 amide bonds. The minimum Gasteiger partial charge on any atom is -0.454 e. The van der Waals surface area contributed by atoms with Gasteiger partial charge in [0.2, 0.25) is 6.79 Å². The molecule has 3 rings (SSSR count). The number of aromatic nitrogens is 2. The Labute approximate surface area is 134 Å². The predicted octanol–water partition coefficient (Wildman–Crippen LogP) is 2.05. The molecule has 1 aromatic carbocycles. The molecule has 122 valence electrons. The van der Waals surface area contributed by atoms with E-state index in [4.69, 9.17) is 9.47 Å². The van der Waals surface area contributed by atoms with E-state index in [2.05, 4.69) is 10.4 Å². The molecule has 1 aromatic heterocycles. The number of amides is 2. The number of carbonyl (C=O) groups is 1. The first-order chi connectivity index (χ1) is 11.0. The molecular weight excluding hydrogens is 296 g/mol. The number of fused-ring (bicyclic) bond motifs is 1. The van der Waals surface area contributed by atoms with E-state index in [1.807, 2.05) is 38.4 Å². The van der Waals surface area contributed by atoms with Gasteiger partial charge in [-0.05, 0) is 24.6 Å². The molecule has 2 aromatic rings. The maximum atomic E-state index is 12.3. The Kier molecular flexibility index (Phi) is 4.10. The number of benzene rings is 1. The van der Waals surface area contributed by atoms with Crippen molar-refractivity contribution in [1.29, 1.82) is 0 Å². The molecule has 7 heteroatoms. The summed E-state index contributed by atoms with van der Waals surface area (Å²) in [5.74, 6) is 1.45. The van der Waals surface area contributed by atoms with Gasteiger partial charge in [-0.3, -0.25) is 4.68 Å². The third-order valence-electron chi connectivity index (χ3n) is 3.76. The minimum atomic E-state index is -0.140. The lowest BCUT2D eigenvalue weighted by atomic mass is 10.1. The van der Waals surface area contributed by atoms with E-state index in [9.17, 15) is 4.79 Å². The van der Waals surface area contributed by atoms with E-state index >= 15 is 0 Å². The molecule has 0 radical (unpaired) electrons. The molecular formula is C16H20N4O3. The van der Waals surface area contributed by atoms with Crippen molar-refractivity contribution in [3.8, 4) is 11.5 Å². The fraction of sp³-hybridized carbons (Fsp3) is 0.375. The largest absolute Gasteiger partial charge is 0.454 e. The number of hydrogen-bond donors (Lipinski definition) is 1. The van der Waals surface area contributed by atoms with Crippen molar-refractivity contribution >= 4 is 6.03 Å². The van der Waals surface area contributed by atoms with Crippen LogP contribution in [0.15, 0.2) is 30.6 Å². The summed E-state index contributed by atoms with van der Waals surface area (Å²) in [6, 6.07) is 5.42. The molecule has 0 saturated heterocycles. The lowest BCUT2D eigenvalue weighted by Gasteiger charge is -2.21. The quantitative estimate of drug-likeness (QED) is 0.937. The van der Waals surface area contributed by atoms with Crippen molar-refractivity contribution in [2.75, 3.05) is 13.8 Å². The van der Waals surface area contributed by atoms with Crippen molar-refractivity contribution in [2.24, 2.45) is 7.05 Å². The van der Waals surface area contributed by atoms with Crippen LogP contribution in [0.3, 0.4) is 0 Å². The Morgan fingerprint density at radius 3 is 2.96 bits per heavy atom. The molecule has 1 aliphatic heterocycles. The highest BCUT2D eigenvalue weighted by atomic mass is 16.7. The van der Waals surface area contributed by atoms with Crippen molar-refractivity contribution in [2.45, 2.75) is 19.5 Å². The Bertz CT molecular complexity index is 713. The predicted molar refractivity (Wildman–Crippen MR) is 84.2 cm³/mol. The van der Waals surface area contributed by atoms with Crippen molar-refractivity contribution in [3.63, 3.8) is 0 Å². The smallest absolute Gasteiger partial charge is 0.317 e. The van der Waals surface area contributed by atoms with Gasteiger partial charge in [0.05, 0.1) is 18.8 Å². The number of rotatable bonds is 4. The SMILES string of the molecule is CC(NC(=O)N(C)Cc1cnn(C)c1)c1ccc2c(c1)OCO2. The number of nitrogens with zero attached hydrogens (tertiary/aromatic N) is 3. The van der Waals surface area contributed by atoms with Gasteiger partial charge in [0.25, 0.3) is 0 Å². The minimum absolute atomic E-state index is 0.131. The molecule has 1 N–H and O–H groups in total. The van der Waals surface area contributed by atoms with Gasteiger partial charge in [0.15, 0.2) is 11.5 Å². The molecule has 2 heterocycles. The molecule has 1 aliphatic rings. The van der Waals surface area contributed by atoms with Crippen LogP contribution in [0.1, 0.15) is 24.1 Å². The summed E-state index contributed by atoms with van der Waals surface area (Å²) in [7, 11) is 3.61. The van der Waals surface area contributed by atoms with E-state index in [1.54, 1.807) is 22.8 Å². The molecule has 1 unspecified atom stereocenters. The van der Waals surface area contributed by atoms with Crippen molar-refractivity contribution < 1.29 is 14.3 Å². The molecule has 0 bridgehead atoms. The zero-order valence-electron chi connectivity index (χ0n) is 13.4. The van der Waals surface area contributed by atoms with Crippen LogP contribution >= 0.6 is 0 Å². The molecule has 1 atom stereocenters. The van der Waals surface area contributed by atoms with E-state index in [0.29, 0.717) is 12.3 Å². The second-order valence-corrected chi connectivity index (χ2v) is 5.66. The van der Waals surface area contributed by atoms with Crippen molar-refractivity contribution in [3.05, 3.63) is 41.7 Å². The van der Waals surface area contributed by atoms with Crippen LogP contribution in [-0.2, 0) is 13.6 Å². The maximum Gasteiger partial charge on any atom is 0.317 e. The van der Waals surface area contributed by atoms with Crippen LogP contribution in [0, 0.1) is 0 Å². The summed E-state index contributed by atoms with van der Waals surface area (Å²) in [6.45, 7) is 2.69. The number of hydrogen-bond acceptors (Lipinski definition) is 4. The second kappa shape index (κ2) is 6.20. The Balaban J connectivity index is 1.60. The van der Waals surface area contributed by atoms with Gasteiger partial charge in [-0.15, -0.1) is 0 Å². The highest BCUT2D eigenvalue weighted by Gasteiger charge is 2.18. The van der Waals surface area contributed by atoms with Gasteiger partial charge < -0.3 is 19.7 Å². The fourth-order valence-corrected chi connectivity index (χ4v) is 2.46. The number of urea groups is 1. The Morgan fingerprint density at radius 2 is 2.22 bits per heavy atom. The van der Waals surface area contributed by atoms with E-state index in [0.717, 1.165) is 16.9 Å². The van der Waals surface area contributed by atoms with Gasteiger partial charge in [-0.25, -0.2) is 4.79 Å². The van der Waals surface area contributed by atoms with Crippen LogP contribution in [-0.4, -0.2) is 34.6 Å². The highest BCUT2D eigenvalue weighted by Crippen LogP contribution is 2.34. The zero-order valence-corrected chi connectivity index (χ0v) is 13.4. The topological polar surface area (TPSA) is 68.6 Å². The summed E-state index contributed by atoms with van der Waals surface area (Å²) in [4.78, 5) is 13.9. The Morgan fingerprint density at radius 1 is 1.43 bits per heavy atom. The number of ether oxygens (including phenoxy) is 2. The third-order valence-corrected chi connectivity index (χ3v) is 3.76. The van der Waals surface area contributed by atoms with Gasteiger partial charge in [-0.2, -0.15) is 5.10 Å². The highest BCUT2D eigenvalue weighted by molar-refractivity contribution is 5.74. The number of aryl methyl sites for hydroxylation is 1. The molecule has 0 spiro atoms. The van der Waals surface area contributed by atoms with Gasteiger partial charge in [0, 0.05) is 25.9 Å².